The van der Waals surface area contributed by atoms with E-state index in [4.69, 9.17) is 0 Å². The smallest absolute Gasteiger partial charge is 0.0880 e. The van der Waals surface area contributed by atoms with Gasteiger partial charge in [0.25, 0.3) is 0 Å². The molecule has 0 saturated carbocycles. The average Bonchev–Trinajstić information content (AvgIpc) is 2.36. The van der Waals surface area contributed by atoms with E-state index in [1.807, 2.05) is 0 Å². The van der Waals surface area contributed by atoms with Crippen LogP contribution in [0.15, 0.2) is 0 Å². The van der Waals surface area contributed by atoms with E-state index in [0.717, 1.165) is 5.33 Å². The lowest BCUT2D eigenvalue weighted by Crippen LogP contribution is -3.00. The molecule has 0 bridgehead atoms. The minimum Gasteiger partial charge on any atom is -1.00 e. The Labute approximate surface area is 154 Å². The maximum atomic E-state index is 3.54. The van der Waals surface area contributed by atoms with Crippen molar-refractivity contribution in [1.82, 2.24) is 0 Å². The van der Waals surface area contributed by atoms with Gasteiger partial charge < -0.3 is 28.5 Å². The second kappa shape index (κ2) is 16.5. The van der Waals surface area contributed by atoms with Crippen molar-refractivity contribution in [2.75, 3.05) is 32.5 Å². The Hall–Kier alpha value is 1.17. The fraction of sp³-hybridized carbons (Fsp3) is 1.00. The Bertz CT molecular complexity index is 186. The summed E-state index contributed by atoms with van der Waals surface area (Å²) in [5.41, 5.74) is 0. The second-order valence-electron chi connectivity index (χ2n) is 6.61. The molecule has 0 aromatic rings. The molecule has 0 amide bonds. The van der Waals surface area contributed by atoms with Crippen molar-refractivity contribution in [3.63, 3.8) is 0 Å². The minimum atomic E-state index is 0. The molecule has 0 atom stereocenters. The quantitative estimate of drug-likeness (QED) is 0.161. The van der Waals surface area contributed by atoms with Crippen LogP contribution in [-0.2, 0) is 0 Å². The van der Waals surface area contributed by atoms with Gasteiger partial charge in [-0.1, -0.05) is 80.6 Å². The Morgan fingerprint density at radius 1 is 0.650 bits per heavy atom. The van der Waals surface area contributed by atoms with Crippen LogP contribution < -0.4 is 24.0 Å². The first kappa shape index (κ1) is 23.4. The highest BCUT2D eigenvalue weighted by Gasteiger charge is 2.12. The van der Waals surface area contributed by atoms with Crippen molar-refractivity contribution in [2.24, 2.45) is 0 Å². The lowest BCUT2D eigenvalue weighted by molar-refractivity contribution is -0.887. The third kappa shape index (κ3) is 17.2. The summed E-state index contributed by atoms with van der Waals surface area (Å²) in [5.74, 6) is 0. The van der Waals surface area contributed by atoms with E-state index in [9.17, 15) is 0 Å². The summed E-state index contributed by atoms with van der Waals surface area (Å²) in [7, 11) is 4.69. The van der Waals surface area contributed by atoms with Crippen LogP contribution >= 0.6 is 15.9 Å². The van der Waals surface area contributed by atoms with Crippen LogP contribution in [-0.4, -0.2) is 37.0 Å². The van der Waals surface area contributed by atoms with Crippen LogP contribution in [0.5, 0.6) is 0 Å². The maximum Gasteiger partial charge on any atom is 0.0880 e. The summed E-state index contributed by atoms with van der Waals surface area (Å²) in [6, 6.07) is 0. The van der Waals surface area contributed by atoms with E-state index < -0.39 is 0 Å². The highest BCUT2D eigenvalue weighted by molar-refractivity contribution is 9.09. The van der Waals surface area contributed by atoms with Gasteiger partial charge in [0.05, 0.1) is 32.5 Å². The molecule has 0 aromatic carbocycles. The number of alkyl halides is 1. The first-order valence-corrected chi connectivity index (χ1v) is 9.62. The van der Waals surface area contributed by atoms with Gasteiger partial charge in [0.15, 0.2) is 0 Å². The number of unbranched alkanes of at least 4 members (excludes halogenated alkanes) is 10. The zero-order valence-corrected chi connectivity index (χ0v) is 17.8. The first-order valence-electron chi connectivity index (χ1n) is 8.50. The number of hydrogen-bond acceptors (Lipinski definition) is 0. The van der Waals surface area contributed by atoms with Crippen molar-refractivity contribution < 1.29 is 28.5 Å². The second-order valence-corrected chi connectivity index (χ2v) is 7.40. The van der Waals surface area contributed by atoms with E-state index in [1.165, 1.54) is 88.2 Å². The normalized spacial score (nSPS) is 11.4. The van der Waals surface area contributed by atoms with E-state index >= 15 is 0 Å². The Kier molecular flexibility index (Phi) is 19.4. The van der Waals surface area contributed by atoms with Crippen LogP contribution in [0, 0.1) is 0 Å². The van der Waals surface area contributed by atoms with Gasteiger partial charge >= 0.3 is 0 Å². The van der Waals surface area contributed by atoms with Crippen molar-refractivity contribution in [2.45, 2.75) is 77.6 Å². The molecule has 0 aliphatic carbocycles. The first-order chi connectivity index (χ1) is 9.12. The molecule has 0 rings (SSSR count). The van der Waals surface area contributed by atoms with Crippen LogP contribution in [0.25, 0.3) is 0 Å². The predicted molar refractivity (Wildman–Crippen MR) is 92.1 cm³/mol. The summed E-state index contributed by atoms with van der Waals surface area (Å²) >= 11 is 3.54. The van der Waals surface area contributed by atoms with Gasteiger partial charge in [-0.2, -0.15) is 0 Å². The predicted octanol–water partition coefficient (Wildman–Crippen LogP) is 2.77. The van der Waals surface area contributed by atoms with Crippen molar-refractivity contribution >= 4 is 15.9 Å². The summed E-state index contributed by atoms with van der Waals surface area (Å²) in [4.78, 5) is 0. The summed E-state index contributed by atoms with van der Waals surface area (Å²) < 4.78 is 1.17. The van der Waals surface area contributed by atoms with Crippen LogP contribution in [0.4, 0.5) is 0 Å². The third-order valence-electron chi connectivity index (χ3n) is 4.06. The summed E-state index contributed by atoms with van der Waals surface area (Å²) in [6.07, 6.45) is 15.9. The van der Waals surface area contributed by atoms with Crippen LogP contribution in [0.1, 0.15) is 77.6 Å². The van der Waals surface area contributed by atoms with Crippen molar-refractivity contribution in [3.05, 3.63) is 0 Å². The van der Waals surface area contributed by atoms with Crippen molar-refractivity contribution in [3.8, 4) is 0 Å². The van der Waals surface area contributed by atoms with Gasteiger partial charge in [-0.3, -0.25) is 0 Å². The molecule has 3 heteroatoms. The summed E-state index contributed by atoms with van der Waals surface area (Å²) in [6.45, 7) is 4.87. The molecule has 124 valence electrons. The average molecular weight is 462 g/mol. The molecule has 0 N–H and O–H groups in total. The molecule has 0 unspecified atom stereocenters. The SMILES string of the molecule is CCCCCCCCCCCCC[N+](C)(C)CCBr.[I-]. The topological polar surface area (TPSA) is 0 Å². The minimum absolute atomic E-state index is 0. The third-order valence-corrected chi connectivity index (χ3v) is 4.41. The largest absolute Gasteiger partial charge is 1.00 e. The standard InChI is InChI=1S/C17H37BrN.HI/c1-4-5-6-7-8-9-10-11-12-13-14-16-19(2,3)17-15-18;/h4-17H2,1-3H3;1H/q+1;/p-1. The van der Waals surface area contributed by atoms with Crippen molar-refractivity contribution in [1.29, 1.82) is 0 Å². The summed E-state index contributed by atoms with van der Waals surface area (Å²) in [5, 5.41) is 1.12. The van der Waals surface area contributed by atoms with Gasteiger partial charge in [-0.15, -0.1) is 0 Å². The van der Waals surface area contributed by atoms with Gasteiger partial charge in [0.1, 0.15) is 0 Å². The Morgan fingerprint density at radius 2 is 1.05 bits per heavy atom. The number of hydrogen-bond donors (Lipinski definition) is 0. The zero-order chi connectivity index (χ0) is 14.4. The molecule has 1 nitrogen and oxygen atoms in total. The van der Waals surface area contributed by atoms with E-state index in [2.05, 4.69) is 36.9 Å². The Morgan fingerprint density at radius 3 is 1.45 bits per heavy atom. The molecule has 0 radical (unpaired) electrons. The van der Waals surface area contributed by atoms with Crippen LogP contribution in [0.2, 0.25) is 0 Å². The molecular formula is C17H37BrIN. The molecule has 0 fully saturated rings. The zero-order valence-electron chi connectivity index (χ0n) is 14.1. The molecule has 0 aliphatic rings. The lowest BCUT2D eigenvalue weighted by Gasteiger charge is -2.29. The Balaban J connectivity index is 0. The molecule has 0 heterocycles. The highest BCUT2D eigenvalue weighted by atomic mass is 127. The van der Waals surface area contributed by atoms with Gasteiger partial charge in [0, 0.05) is 0 Å². The monoisotopic (exact) mass is 461 g/mol. The van der Waals surface area contributed by atoms with E-state index in [-0.39, 0.29) is 24.0 Å². The molecular weight excluding hydrogens is 425 g/mol. The number of nitrogens with zero attached hydrogens (tertiary/aromatic N) is 1. The van der Waals surface area contributed by atoms with Gasteiger partial charge in [-0.25, -0.2) is 0 Å². The lowest BCUT2D eigenvalue weighted by atomic mass is 10.1. The molecule has 0 aliphatic heterocycles. The van der Waals surface area contributed by atoms with E-state index in [1.54, 1.807) is 0 Å². The number of rotatable bonds is 14. The maximum absolute atomic E-state index is 3.54. The van der Waals surface area contributed by atoms with Gasteiger partial charge in [0.2, 0.25) is 0 Å². The molecule has 20 heavy (non-hydrogen) atoms. The van der Waals surface area contributed by atoms with Gasteiger partial charge in [-0.05, 0) is 12.8 Å². The number of halogens is 2. The fourth-order valence-electron chi connectivity index (χ4n) is 2.54. The highest BCUT2D eigenvalue weighted by Crippen LogP contribution is 2.12. The molecule has 0 saturated heterocycles. The molecule has 0 spiro atoms. The fourth-order valence-corrected chi connectivity index (χ4v) is 3.50. The van der Waals surface area contributed by atoms with E-state index in [0.29, 0.717) is 0 Å². The number of quaternary nitrogens is 1. The molecule has 0 aromatic heterocycles. The van der Waals surface area contributed by atoms with Crippen LogP contribution in [0.3, 0.4) is 0 Å².